The third-order valence-corrected chi connectivity index (χ3v) is 2.86. The molecular weight excluding hydrogens is 194 g/mol. The number of nitrogens with zero attached hydrogens (tertiary/aromatic N) is 1. The van der Waals surface area contributed by atoms with Crippen LogP contribution in [0, 0.1) is 5.92 Å². The summed E-state index contributed by atoms with van der Waals surface area (Å²) in [4.78, 5) is 12.7. The predicted octanol–water partition coefficient (Wildman–Crippen LogP) is 1.21. The van der Waals surface area contributed by atoms with Crippen molar-refractivity contribution in [1.82, 2.24) is 4.90 Å². The van der Waals surface area contributed by atoms with Crippen LogP contribution in [0.4, 0.5) is 0 Å². The fraction of sp³-hybridized carbons (Fsp3) is 0.909. The summed E-state index contributed by atoms with van der Waals surface area (Å²) in [6.45, 7) is 7.68. The summed E-state index contributed by atoms with van der Waals surface area (Å²) in [6.07, 6.45) is 1.28. The zero-order valence-corrected chi connectivity index (χ0v) is 9.61. The lowest BCUT2D eigenvalue weighted by atomic mass is 10.1. The summed E-state index contributed by atoms with van der Waals surface area (Å²) in [5.41, 5.74) is 0. The van der Waals surface area contributed by atoms with Crippen molar-refractivity contribution in [2.75, 3.05) is 26.3 Å². The number of hydrogen-bond donors (Lipinski definition) is 1. The smallest absolute Gasteiger partial charge is 0.305 e. The van der Waals surface area contributed by atoms with Crippen LogP contribution in [0.2, 0.25) is 0 Å². The van der Waals surface area contributed by atoms with E-state index in [2.05, 4.69) is 18.7 Å². The van der Waals surface area contributed by atoms with E-state index in [-0.39, 0.29) is 6.42 Å². The van der Waals surface area contributed by atoms with Crippen molar-refractivity contribution in [3.05, 3.63) is 0 Å². The Hall–Kier alpha value is -0.610. The van der Waals surface area contributed by atoms with E-state index >= 15 is 0 Å². The van der Waals surface area contributed by atoms with E-state index in [0.717, 1.165) is 13.1 Å². The van der Waals surface area contributed by atoms with Gasteiger partial charge in [-0.05, 0) is 32.7 Å². The van der Waals surface area contributed by atoms with Crippen LogP contribution in [0.1, 0.15) is 26.7 Å². The van der Waals surface area contributed by atoms with Gasteiger partial charge in [-0.25, -0.2) is 0 Å². The van der Waals surface area contributed by atoms with Gasteiger partial charge in [0, 0.05) is 12.6 Å². The Bertz CT molecular complexity index is 206. The van der Waals surface area contributed by atoms with Crippen LogP contribution in [0.15, 0.2) is 0 Å². The number of carbonyl (C=O) groups is 1. The molecule has 1 aliphatic heterocycles. The van der Waals surface area contributed by atoms with E-state index in [4.69, 9.17) is 9.84 Å². The summed E-state index contributed by atoms with van der Waals surface area (Å²) in [5, 5.41) is 8.43. The van der Waals surface area contributed by atoms with E-state index in [1.54, 1.807) is 0 Å². The number of ether oxygens (including phenoxy) is 1. The van der Waals surface area contributed by atoms with Gasteiger partial charge in [-0.1, -0.05) is 0 Å². The molecule has 0 amide bonds. The lowest BCUT2D eigenvalue weighted by Crippen LogP contribution is -2.28. The van der Waals surface area contributed by atoms with Crippen molar-refractivity contribution < 1.29 is 14.6 Å². The summed E-state index contributed by atoms with van der Waals surface area (Å²) < 4.78 is 5.35. The monoisotopic (exact) mass is 215 g/mol. The van der Waals surface area contributed by atoms with Gasteiger partial charge in [0.25, 0.3) is 0 Å². The number of hydrogen-bond acceptors (Lipinski definition) is 3. The van der Waals surface area contributed by atoms with Crippen LogP contribution in [-0.2, 0) is 9.53 Å². The molecule has 1 atom stereocenters. The highest BCUT2D eigenvalue weighted by molar-refractivity contribution is 5.66. The summed E-state index contributed by atoms with van der Waals surface area (Å²) in [6, 6.07) is 0.606. The first-order valence-electron chi connectivity index (χ1n) is 5.63. The Morgan fingerprint density at radius 1 is 1.60 bits per heavy atom. The molecule has 0 unspecified atom stereocenters. The lowest BCUT2D eigenvalue weighted by molar-refractivity contribution is -0.138. The van der Waals surface area contributed by atoms with Gasteiger partial charge in [0.1, 0.15) is 0 Å². The largest absolute Gasteiger partial charge is 0.481 e. The molecule has 1 saturated heterocycles. The molecule has 0 aliphatic carbocycles. The van der Waals surface area contributed by atoms with E-state index in [1.807, 2.05) is 0 Å². The van der Waals surface area contributed by atoms with Gasteiger partial charge < -0.3 is 14.7 Å². The quantitative estimate of drug-likeness (QED) is 0.677. The number of rotatable bonds is 6. The van der Waals surface area contributed by atoms with E-state index in [1.165, 1.54) is 6.42 Å². The van der Waals surface area contributed by atoms with Crippen LogP contribution in [-0.4, -0.2) is 48.3 Å². The molecule has 0 aromatic heterocycles. The van der Waals surface area contributed by atoms with E-state index < -0.39 is 5.97 Å². The number of likely N-dealkylation sites (tertiary alicyclic amines) is 1. The predicted molar refractivity (Wildman–Crippen MR) is 57.9 cm³/mol. The van der Waals surface area contributed by atoms with Crippen LogP contribution >= 0.6 is 0 Å². The fourth-order valence-electron chi connectivity index (χ4n) is 1.88. The van der Waals surface area contributed by atoms with E-state index in [9.17, 15) is 4.79 Å². The van der Waals surface area contributed by atoms with Crippen molar-refractivity contribution in [1.29, 1.82) is 0 Å². The summed E-state index contributed by atoms with van der Waals surface area (Å²) in [5.74, 6) is -0.202. The lowest BCUT2D eigenvalue weighted by Gasteiger charge is -2.20. The van der Waals surface area contributed by atoms with E-state index in [0.29, 0.717) is 25.2 Å². The third-order valence-electron chi connectivity index (χ3n) is 2.86. The molecule has 1 aliphatic rings. The average molecular weight is 215 g/mol. The van der Waals surface area contributed by atoms with Crippen LogP contribution < -0.4 is 0 Å². The average Bonchev–Trinajstić information content (AvgIpc) is 2.60. The minimum Gasteiger partial charge on any atom is -0.481 e. The molecule has 0 aromatic carbocycles. The highest BCUT2D eigenvalue weighted by Crippen LogP contribution is 2.18. The van der Waals surface area contributed by atoms with Gasteiger partial charge >= 0.3 is 5.97 Å². The van der Waals surface area contributed by atoms with Gasteiger partial charge in [0.15, 0.2) is 0 Å². The van der Waals surface area contributed by atoms with Crippen molar-refractivity contribution in [2.45, 2.75) is 32.7 Å². The second kappa shape index (κ2) is 6.08. The van der Waals surface area contributed by atoms with Crippen molar-refractivity contribution in [3.8, 4) is 0 Å². The van der Waals surface area contributed by atoms with Gasteiger partial charge in [-0.2, -0.15) is 0 Å². The molecule has 0 aromatic rings. The third kappa shape index (κ3) is 4.62. The highest BCUT2D eigenvalue weighted by atomic mass is 16.5. The van der Waals surface area contributed by atoms with Gasteiger partial charge in [-0.3, -0.25) is 4.79 Å². The second-order valence-electron chi connectivity index (χ2n) is 4.46. The molecule has 4 nitrogen and oxygen atoms in total. The molecule has 15 heavy (non-hydrogen) atoms. The Morgan fingerprint density at radius 2 is 2.33 bits per heavy atom. The standard InChI is InChI=1S/C11H21NO3/c1-9(2)12-5-3-10(7-12)8-15-6-4-11(13)14/h9-10H,3-8H2,1-2H3,(H,13,14)/t10-/m1/s1. The molecule has 4 heteroatoms. The first kappa shape index (κ1) is 12.5. The Balaban J connectivity index is 2.06. The maximum Gasteiger partial charge on any atom is 0.305 e. The van der Waals surface area contributed by atoms with Gasteiger partial charge in [0.05, 0.1) is 19.6 Å². The van der Waals surface area contributed by atoms with Gasteiger partial charge in [-0.15, -0.1) is 0 Å². The zero-order valence-electron chi connectivity index (χ0n) is 9.61. The maximum absolute atomic E-state index is 10.2. The molecular formula is C11H21NO3. The van der Waals surface area contributed by atoms with Crippen LogP contribution in [0.5, 0.6) is 0 Å². The van der Waals surface area contributed by atoms with Crippen LogP contribution in [0.3, 0.4) is 0 Å². The zero-order chi connectivity index (χ0) is 11.3. The van der Waals surface area contributed by atoms with Crippen molar-refractivity contribution >= 4 is 5.97 Å². The van der Waals surface area contributed by atoms with Crippen molar-refractivity contribution in [2.24, 2.45) is 5.92 Å². The van der Waals surface area contributed by atoms with Crippen LogP contribution in [0.25, 0.3) is 0 Å². The highest BCUT2D eigenvalue weighted by Gasteiger charge is 2.23. The molecule has 0 spiro atoms. The molecule has 0 bridgehead atoms. The van der Waals surface area contributed by atoms with Gasteiger partial charge in [0.2, 0.25) is 0 Å². The summed E-state index contributed by atoms with van der Waals surface area (Å²) in [7, 11) is 0. The molecule has 0 saturated carbocycles. The first-order valence-corrected chi connectivity index (χ1v) is 5.63. The second-order valence-corrected chi connectivity index (χ2v) is 4.46. The number of carboxylic acids is 1. The topological polar surface area (TPSA) is 49.8 Å². The van der Waals surface area contributed by atoms with Crippen molar-refractivity contribution in [3.63, 3.8) is 0 Å². The minimum absolute atomic E-state index is 0.112. The SMILES string of the molecule is CC(C)N1CC[C@@H](COCCC(=O)O)C1. The Morgan fingerprint density at radius 3 is 2.87 bits per heavy atom. The molecule has 0 radical (unpaired) electrons. The normalized spacial score (nSPS) is 22.5. The Kier molecular flexibility index (Phi) is 5.05. The molecule has 1 fully saturated rings. The molecule has 1 rings (SSSR count). The molecule has 88 valence electrons. The maximum atomic E-state index is 10.2. The number of carboxylic acid groups (broad SMARTS) is 1. The fourth-order valence-corrected chi connectivity index (χ4v) is 1.88. The Labute approximate surface area is 91.2 Å². The minimum atomic E-state index is -0.787. The molecule has 1 N–H and O–H groups in total. The first-order chi connectivity index (χ1) is 7.09. The number of aliphatic carboxylic acids is 1. The molecule has 1 heterocycles. The summed E-state index contributed by atoms with van der Waals surface area (Å²) >= 11 is 0.